The number of hydrogen-bond acceptors (Lipinski definition) is 7. The molecule has 2 N–H and O–H groups in total. The zero-order chi connectivity index (χ0) is 30.7. The van der Waals surface area contributed by atoms with Crippen LogP contribution in [0, 0.1) is 16.7 Å². The van der Waals surface area contributed by atoms with Gasteiger partial charge in [0.05, 0.1) is 17.2 Å². The van der Waals surface area contributed by atoms with E-state index in [4.69, 9.17) is 15.2 Å². The third-order valence-electron chi connectivity index (χ3n) is 8.93. The van der Waals surface area contributed by atoms with E-state index in [0.29, 0.717) is 67.4 Å². The lowest BCUT2D eigenvalue weighted by Gasteiger charge is -2.35. The Morgan fingerprint density at radius 3 is 2.57 bits per heavy atom. The highest BCUT2D eigenvalue weighted by Crippen LogP contribution is 2.37. The fraction of sp³-hybridized carbons (Fsp3) is 0.353. The number of imidazole rings is 1. The molecule has 2 aliphatic rings. The number of benzene rings is 2. The number of nitrogens with two attached hydrogens (primary N) is 1. The summed E-state index contributed by atoms with van der Waals surface area (Å²) in [4.78, 5) is 33.8. The lowest BCUT2D eigenvalue weighted by molar-refractivity contribution is -0.128. The molecule has 10 nitrogen and oxygen atoms in total. The van der Waals surface area contributed by atoms with Crippen molar-refractivity contribution < 1.29 is 14.3 Å². The normalized spacial score (nSPS) is 18.6. The molecule has 4 aromatic rings. The SMILES string of the molecule is CCC1(C=C(C#N)C(=O)N2CCC[C@@H](n3c(=O)n(-c4ccc(Oc5ccccc5)cc4)c4c(N)nccc43)C2)CCOCC1. The van der Waals surface area contributed by atoms with Crippen LogP contribution in [0.4, 0.5) is 5.82 Å². The smallest absolute Gasteiger partial charge is 0.334 e. The van der Waals surface area contributed by atoms with Crippen molar-refractivity contribution in [3.63, 3.8) is 0 Å². The Morgan fingerprint density at radius 2 is 1.86 bits per heavy atom. The minimum atomic E-state index is -0.297. The molecule has 6 rings (SSSR count). The number of likely N-dealkylation sites (tertiary alicyclic amines) is 1. The molecule has 2 aliphatic heterocycles. The Kier molecular flexibility index (Phi) is 8.22. The maximum absolute atomic E-state index is 14.2. The predicted molar refractivity (Wildman–Crippen MR) is 168 cm³/mol. The number of fused-ring (bicyclic) bond motifs is 1. The summed E-state index contributed by atoms with van der Waals surface area (Å²) >= 11 is 0. The van der Waals surface area contributed by atoms with Crippen LogP contribution >= 0.6 is 0 Å². The number of piperidine rings is 1. The first-order valence-corrected chi connectivity index (χ1v) is 15.1. The summed E-state index contributed by atoms with van der Waals surface area (Å²) in [6.45, 7) is 4.17. The number of hydrogen-bond donors (Lipinski definition) is 1. The van der Waals surface area contributed by atoms with E-state index in [0.717, 1.165) is 19.3 Å². The fourth-order valence-electron chi connectivity index (χ4n) is 6.42. The summed E-state index contributed by atoms with van der Waals surface area (Å²) in [5.74, 6) is 1.30. The van der Waals surface area contributed by atoms with Crippen molar-refractivity contribution in [1.29, 1.82) is 5.26 Å². The molecule has 1 amide bonds. The highest BCUT2D eigenvalue weighted by atomic mass is 16.5. The highest BCUT2D eigenvalue weighted by Gasteiger charge is 2.34. The summed E-state index contributed by atoms with van der Waals surface area (Å²) in [6.07, 6.45) is 7.28. The van der Waals surface area contributed by atoms with Gasteiger partial charge in [0.25, 0.3) is 5.91 Å². The quantitative estimate of drug-likeness (QED) is 0.225. The van der Waals surface area contributed by atoms with E-state index < -0.39 is 0 Å². The highest BCUT2D eigenvalue weighted by molar-refractivity contribution is 5.97. The van der Waals surface area contributed by atoms with Crippen molar-refractivity contribution >= 4 is 22.8 Å². The van der Waals surface area contributed by atoms with Gasteiger partial charge in [0.15, 0.2) is 0 Å². The van der Waals surface area contributed by atoms with Crippen molar-refractivity contribution in [3.05, 3.63) is 89.0 Å². The molecule has 226 valence electrons. The first kappa shape index (κ1) is 29.2. The standard InChI is InChI=1S/C34H36N6O4/c1-2-34(15-19-43-20-16-34)21-24(22-35)32(41)38-18-6-7-26(23-38)39-29-14-17-37-31(36)30(29)40(33(39)42)25-10-12-28(13-11-25)44-27-8-4-3-5-9-27/h3-5,8-14,17,21,26H,2,6-7,15-16,18-20,23H2,1H3,(H2,36,37)/t26-/m1/s1. The van der Waals surface area contributed by atoms with Crippen LogP contribution in [0.3, 0.4) is 0 Å². The number of allylic oxidation sites excluding steroid dienone is 1. The topological polar surface area (TPSA) is 128 Å². The molecule has 0 spiro atoms. The van der Waals surface area contributed by atoms with Gasteiger partial charge >= 0.3 is 5.69 Å². The van der Waals surface area contributed by atoms with Crippen molar-refractivity contribution in [3.8, 4) is 23.3 Å². The average Bonchev–Trinajstić information content (AvgIpc) is 3.37. The monoisotopic (exact) mass is 592 g/mol. The number of ether oxygens (including phenoxy) is 2. The Morgan fingerprint density at radius 1 is 1.14 bits per heavy atom. The van der Waals surface area contributed by atoms with E-state index in [9.17, 15) is 14.9 Å². The third-order valence-corrected chi connectivity index (χ3v) is 8.93. The number of para-hydroxylation sites is 1. The Hall–Kier alpha value is -4.88. The second-order valence-electron chi connectivity index (χ2n) is 11.5. The summed E-state index contributed by atoms with van der Waals surface area (Å²) in [5.41, 5.74) is 7.83. The molecule has 44 heavy (non-hydrogen) atoms. The zero-order valence-electron chi connectivity index (χ0n) is 24.8. The number of pyridine rings is 1. The second kappa shape index (κ2) is 12.4. The Balaban J connectivity index is 1.31. The van der Waals surface area contributed by atoms with Crippen molar-refractivity contribution in [1.82, 2.24) is 19.0 Å². The van der Waals surface area contributed by atoms with Crippen LogP contribution in [0.5, 0.6) is 11.5 Å². The molecule has 0 unspecified atom stereocenters. The van der Waals surface area contributed by atoms with E-state index in [1.807, 2.05) is 60.7 Å². The van der Waals surface area contributed by atoms with E-state index >= 15 is 0 Å². The molecular weight excluding hydrogens is 556 g/mol. The van der Waals surface area contributed by atoms with Gasteiger partial charge in [0.1, 0.15) is 34.5 Å². The molecule has 2 aromatic heterocycles. The number of nitrogen functional groups attached to an aromatic ring is 1. The Labute approximate surface area is 255 Å². The van der Waals surface area contributed by atoms with Crippen LogP contribution in [0.15, 0.2) is 83.3 Å². The second-order valence-corrected chi connectivity index (χ2v) is 11.5. The lowest BCUT2D eigenvalue weighted by atomic mass is 9.76. The number of anilines is 1. The molecule has 1 atom stereocenters. The number of carbonyl (C=O) groups is 1. The maximum atomic E-state index is 14.2. The van der Waals surface area contributed by atoms with Crippen molar-refractivity contribution in [2.24, 2.45) is 5.41 Å². The van der Waals surface area contributed by atoms with Crippen LogP contribution in [-0.2, 0) is 9.53 Å². The molecule has 2 fully saturated rings. The third kappa shape index (κ3) is 5.58. The number of carbonyl (C=O) groups excluding carboxylic acids is 1. The predicted octanol–water partition coefficient (Wildman–Crippen LogP) is 5.38. The number of aromatic nitrogens is 3. The minimum Gasteiger partial charge on any atom is -0.457 e. The molecule has 4 heterocycles. The maximum Gasteiger partial charge on any atom is 0.334 e. The van der Waals surface area contributed by atoms with Crippen LogP contribution < -0.4 is 16.2 Å². The minimum absolute atomic E-state index is 0.162. The molecule has 2 saturated heterocycles. The van der Waals surface area contributed by atoms with Gasteiger partial charge in [-0.2, -0.15) is 5.26 Å². The molecule has 0 radical (unpaired) electrons. The summed E-state index contributed by atoms with van der Waals surface area (Å²) < 4.78 is 14.8. The molecule has 2 aromatic carbocycles. The summed E-state index contributed by atoms with van der Waals surface area (Å²) in [5, 5.41) is 10.0. The number of nitriles is 1. The van der Waals surface area contributed by atoms with Gasteiger partial charge in [-0.25, -0.2) is 9.78 Å². The first-order valence-electron chi connectivity index (χ1n) is 15.1. The molecule has 0 aliphatic carbocycles. The van der Waals surface area contributed by atoms with Gasteiger partial charge in [-0.05, 0) is 80.0 Å². The van der Waals surface area contributed by atoms with Gasteiger partial charge in [0, 0.05) is 32.5 Å². The van der Waals surface area contributed by atoms with E-state index in [2.05, 4.69) is 18.0 Å². The van der Waals surface area contributed by atoms with E-state index in [-0.39, 0.29) is 34.4 Å². The van der Waals surface area contributed by atoms with Gasteiger partial charge in [-0.1, -0.05) is 31.2 Å². The summed E-state index contributed by atoms with van der Waals surface area (Å²) in [6, 6.07) is 20.4. The average molecular weight is 593 g/mol. The van der Waals surface area contributed by atoms with Crippen LogP contribution in [0.25, 0.3) is 16.7 Å². The molecule has 10 heteroatoms. The van der Waals surface area contributed by atoms with Crippen molar-refractivity contribution in [2.45, 2.75) is 45.1 Å². The van der Waals surface area contributed by atoms with Gasteiger partial charge in [-0.15, -0.1) is 0 Å². The Bertz CT molecular complexity index is 1780. The first-order chi connectivity index (χ1) is 21.4. The molecule has 0 saturated carbocycles. The van der Waals surface area contributed by atoms with E-state index in [1.165, 1.54) is 0 Å². The van der Waals surface area contributed by atoms with Crippen LogP contribution in [-0.4, -0.2) is 51.2 Å². The number of amides is 1. The molecular formula is C34H36N6O4. The van der Waals surface area contributed by atoms with Gasteiger partial charge < -0.3 is 20.1 Å². The van der Waals surface area contributed by atoms with Gasteiger partial charge in [-0.3, -0.25) is 13.9 Å². The fourth-order valence-corrected chi connectivity index (χ4v) is 6.42. The number of nitrogens with zero attached hydrogens (tertiary/aromatic N) is 5. The van der Waals surface area contributed by atoms with Gasteiger partial charge in [0.2, 0.25) is 0 Å². The van der Waals surface area contributed by atoms with Crippen LogP contribution in [0.1, 0.15) is 45.1 Å². The molecule has 0 bridgehead atoms. The largest absolute Gasteiger partial charge is 0.457 e. The summed E-state index contributed by atoms with van der Waals surface area (Å²) in [7, 11) is 0. The lowest BCUT2D eigenvalue weighted by Crippen LogP contribution is -2.43. The van der Waals surface area contributed by atoms with Crippen molar-refractivity contribution in [2.75, 3.05) is 32.0 Å². The number of rotatable bonds is 7. The van der Waals surface area contributed by atoms with E-state index in [1.54, 1.807) is 26.3 Å². The van der Waals surface area contributed by atoms with Crippen LogP contribution in [0.2, 0.25) is 0 Å². The zero-order valence-corrected chi connectivity index (χ0v) is 24.8.